The summed E-state index contributed by atoms with van der Waals surface area (Å²) in [6.07, 6.45) is 4.86. The first kappa shape index (κ1) is 14.2. The third-order valence-corrected chi connectivity index (χ3v) is 5.28. The molecule has 18 heavy (non-hydrogen) atoms. The highest BCUT2D eigenvalue weighted by Gasteiger charge is 2.36. The molecule has 1 amide bonds. The normalized spacial score (nSPS) is 31.4. The van der Waals surface area contributed by atoms with Crippen molar-refractivity contribution in [2.45, 2.75) is 69.3 Å². The minimum absolute atomic E-state index is 0.170. The number of hydrogen-bond acceptors (Lipinski definition) is 3. The van der Waals surface area contributed by atoms with Gasteiger partial charge in [-0.3, -0.25) is 4.79 Å². The van der Waals surface area contributed by atoms with Gasteiger partial charge in [0.25, 0.3) is 0 Å². The van der Waals surface area contributed by atoms with Gasteiger partial charge in [-0.2, -0.15) is 0 Å². The van der Waals surface area contributed by atoms with Crippen LogP contribution in [0.2, 0.25) is 0 Å². The summed E-state index contributed by atoms with van der Waals surface area (Å²) in [5.41, 5.74) is 0. The predicted octanol–water partition coefficient (Wildman–Crippen LogP) is 2.26. The fraction of sp³-hybridized carbons (Fsp3) is 0.929. The van der Waals surface area contributed by atoms with Gasteiger partial charge in [-0.1, -0.05) is 20.8 Å². The number of carbonyl (C=O) groups excluding carboxylic acids is 1. The van der Waals surface area contributed by atoms with Gasteiger partial charge in [-0.05, 0) is 25.7 Å². The van der Waals surface area contributed by atoms with Crippen LogP contribution in [0.4, 0.5) is 0 Å². The molecule has 2 bridgehead atoms. The lowest BCUT2D eigenvalue weighted by Crippen LogP contribution is -2.49. The summed E-state index contributed by atoms with van der Waals surface area (Å²) >= 11 is 1.74. The van der Waals surface area contributed by atoms with Gasteiger partial charge in [0.2, 0.25) is 5.91 Å². The maximum absolute atomic E-state index is 12.2. The van der Waals surface area contributed by atoms with Gasteiger partial charge in [0, 0.05) is 29.9 Å². The molecule has 3 nitrogen and oxygen atoms in total. The second-order valence-electron chi connectivity index (χ2n) is 6.67. The Morgan fingerprint density at radius 3 is 2.33 bits per heavy atom. The fourth-order valence-corrected chi connectivity index (χ4v) is 3.69. The molecule has 0 aromatic carbocycles. The Labute approximate surface area is 115 Å². The van der Waals surface area contributed by atoms with E-state index in [9.17, 15) is 4.79 Å². The van der Waals surface area contributed by atoms with E-state index in [2.05, 4.69) is 26.1 Å². The quantitative estimate of drug-likeness (QED) is 0.854. The maximum Gasteiger partial charge on any atom is 0.232 e. The number of rotatable bonds is 3. The summed E-state index contributed by atoms with van der Waals surface area (Å²) in [6, 6.07) is 1.76. The number of fused-ring (bicyclic) bond motifs is 2. The SMILES string of the molecule is CN(C(=O)CSC(C)(C)C)C1CC2CCC(C1)N2. The zero-order valence-electron chi connectivity index (χ0n) is 12.0. The van der Waals surface area contributed by atoms with Crippen molar-refractivity contribution in [3.8, 4) is 0 Å². The van der Waals surface area contributed by atoms with E-state index in [1.165, 1.54) is 12.8 Å². The van der Waals surface area contributed by atoms with Gasteiger partial charge in [0.1, 0.15) is 0 Å². The predicted molar refractivity (Wildman–Crippen MR) is 77.9 cm³/mol. The molecule has 2 aliphatic rings. The largest absolute Gasteiger partial charge is 0.342 e. The molecule has 2 rings (SSSR count). The molecule has 2 atom stereocenters. The molecular weight excluding hydrogens is 244 g/mol. The molecule has 0 spiro atoms. The molecule has 0 radical (unpaired) electrons. The minimum Gasteiger partial charge on any atom is -0.342 e. The van der Waals surface area contributed by atoms with E-state index in [1.807, 2.05) is 11.9 Å². The second-order valence-corrected chi connectivity index (χ2v) is 8.47. The summed E-state index contributed by atoms with van der Waals surface area (Å²) in [7, 11) is 1.99. The Bertz CT molecular complexity index is 301. The van der Waals surface area contributed by atoms with Crippen LogP contribution < -0.4 is 5.32 Å². The van der Waals surface area contributed by atoms with Crippen molar-refractivity contribution in [1.29, 1.82) is 0 Å². The first-order chi connectivity index (χ1) is 8.35. The van der Waals surface area contributed by atoms with Gasteiger partial charge < -0.3 is 10.2 Å². The smallest absolute Gasteiger partial charge is 0.232 e. The summed E-state index contributed by atoms with van der Waals surface area (Å²) in [5, 5.41) is 3.63. The van der Waals surface area contributed by atoms with E-state index < -0.39 is 0 Å². The third kappa shape index (κ3) is 3.64. The van der Waals surface area contributed by atoms with Gasteiger partial charge in [-0.25, -0.2) is 0 Å². The van der Waals surface area contributed by atoms with Crippen molar-refractivity contribution in [3.63, 3.8) is 0 Å². The summed E-state index contributed by atoms with van der Waals surface area (Å²) in [6.45, 7) is 6.49. The molecule has 2 heterocycles. The molecular formula is C14H26N2OS. The van der Waals surface area contributed by atoms with Crippen LogP contribution in [-0.4, -0.2) is 46.5 Å². The summed E-state index contributed by atoms with van der Waals surface area (Å²) in [4.78, 5) is 14.2. The molecule has 2 aliphatic heterocycles. The van der Waals surface area contributed by atoms with Crippen LogP contribution >= 0.6 is 11.8 Å². The number of nitrogens with zero attached hydrogens (tertiary/aromatic N) is 1. The summed E-state index contributed by atoms with van der Waals surface area (Å²) < 4.78 is 0.170. The first-order valence-electron chi connectivity index (χ1n) is 7.01. The van der Waals surface area contributed by atoms with E-state index in [0.717, 1.165) is 12.8 Å². The van der Waals surface area contributed by atoms with E-state index in [0.29, 0.717) is 29.8 Å². The van der Waals surface area contributed by atoms with Crippen LogP contribution in [0.3, 0.4) is 0 Å². The van der Waals surface area contributed by atoms with E-state index >= 15 is 0 Å². The Hall–Kier alpha value is -0.220. The van der Waals surface area contributed by atoms with E-state index in [4.69, 9.17) is 0 Å². The van der Waals surface area contributed by atoms with Gasteiger partial charge in [0.15, 0.2) is 0 Å². The minimum atomic E-state index is 0.170. The first-order valence-corrected chi connectivity index (χ1v) is 7.99. The molecule has 0 aliphatic carbocycles. The number of hydrogen-bond donors (Lipinski definition) is 1. The molecule has 2 fully saturated rings. The highest BCUT2D eigenvalue weighted by Crippen LogP contribution is 2.30. The van der Waals surface area contributed by atoms with E-state index in [-0.39, 0.29) is 4.75 Å². The highest BCUT2D eigenvalue weighted by molar-refractivity contribution is 8.01. The van der Waals surface area contributed by atoms with Crippen LogP contribution in [0, 0.1) is 0 Å². The number of amides is 1. The van der Waals surface area contributed by atoms with Crippen molar-refractivity contribution >= 4 is 17.7 Å². The third-order valence-electron chi connectivity index (χ3n) is 4.02. The average Bonchev–Trinajstić information content (AvgIpc) is 2.63. The number of nitrogens with one attached hydrogen (secondary N) is 1. The lowest BCUT2D eigenvalue weighted by Gasteiger charge is -2.36. The van der Waals surface area contributed by atoms with Crippen LogP contribution in [-0.2, 0) is 4.79 Å². The zero-order chi connectivity index (χ0) is 13.3. The molecule has 2 unspecified atom stereocenters. The van der Waals surface area contributed by atoms with Crippen molar-refractivity contribution in [3.05, 3.63) is 0 Å². The van der Waals surface area contributed by atoms with Crippen LogP contribution in [0.25, 0.3) is 0 Å². The molecule has 1 N–H and O–H groups in total. The molecule has 104 valence electrons. The van der Waals surface area contributed by atoms with Crippen molar-refractivity contribution in [1.82, 2.24) is 10.2 Å². The molecule has 2 saturated heterocycles. The molecule has 0 saturated carbocycles. The monoisotopic (exact) mass is 270 g/mol. The van der Waals surface area contributed by atoms with Crippen LogP contribution in [0.15, 0.2) is 0 Å². The fourth-order valence-electron chi connectivity index (χ4n) is 2.93. The van der Waals surface area contributed by atoms with Crippen molar-refractivity contribution in [2.24, 2.45) is 0 Å². The Morgan fingerprint density at radius 1 is 1.28 bits per heavy atom. The van der Waals surface area contributed by atoms with Gasteiger partial charge >= 0.3 is 0 Å². The van der Waals surface area contributed by atoms with Crippen LogP contribution in [0.5, 0.6) is 0 Å². The molecule has 0 aromatic rings. The van der Waals surface area contributed by atoms with Gasteiger partial charge in [0.05, 0.1) is 5.75 Å². The molecule has 0 aromatic heterocycles. The average molecular weight is 270 g/mol. The Morgan fingerprint density at radius 2 is 1.83 bits per heavy atom. The summed E-state index contributed by atoms with van der Waals surface area (Å²) in [5.74, 6) is 0.903. The Kier molecular flexibility index (Phi) is 4.27. The number of piperidine rings is 1. The maximum atomic E-state index is 12.2. The van der Waals surface area contributed by atoms with Crippen molar-refractivity contribution < 1.29 is 4.79 Å². The number of carbonyl (C=O) groups is 1. The lowest BCUT2D eigenvalue weighted by molar-refractivity contribution is -0.129. The van der Waals surface area contributed by atoms with Gasteiger partial charge in [-0.15, -0.1) is 11.8 Å². The second kappa shape index (κ2) is 5.41. The standard InChI is InChI=1S/C14H26N2OS/c1-14(2,3)18-9-13(17)16(4)12-7-10-5-6-11(8-12)15-10/h10-12,15H,5-9H2,1-4H3. The highest BCUT2D eigenvalue weighted by atomic mass is 32.2. The lowest BCUT2D eigenvalue weighted by atomic mass is 9.98. The molecule has 4 heteroatoms. The van der Waals surface area contributed by atoms with Crippen LogP contribution in [0.1, 0.15) is 46.5 Å². The van der Waals surface area contributed by atoms with E-state index in [1.54, 1.807) is 11.8 Å². The Balaban J connectivity index is 1.83. The number of thioether (sulfide) groups is 1. The topological polar surface area (TPSA) is 32.3 Å². The zero-order valence-corrected chi connectivity index (χ0v) is 12.8. The van der Waals surface area contributed by atoms with Crippen molar-refractivity contribution in [2.75, 3.05) is 12.8 Å².